The van der Waals surface area contributed by atoms with Crippen LogP contribution in [0.4, 0.5) is 0 Å². The Morgan fingerprint density at radius 1 is 1.07 bits per heavy atom. The van der Waals surface area contributed by atoms with Gasteiger partial charge in [-0.1, -0.05) is 64.0 Å². The van der Waals surface area contributed by atoms with Crippen molar-refractivity contribution in [3.63, 3.8) is 0 Å². The lowest BCUT2D eigenvalue weighted by atomic mass is 10.0. The van der Waals surface area contributed by atoms with E-state index in [1.54, 1.807) is 6.21 Å². The Morgan fingerprint density at radius 2 is 1.86 bits per heavy atom. The standard InChI is InChI=1S/C24H23BrN2O2/c1-17-6-9-21(18(2)12-17)14-24(28)27-26-15-20-4-3-5-23(13-20)29-16-19-7-10-22(25)11-8-19/h3-13,15H,14,16H2,1-2H3,(H,27,28)/b26-15-. The normalized spacial score (nSPS) is 10.9. The Balaban J connectivity index is 1.53. The van der Waals surface area contributed by atoms with Gasteiger partial charge in [-0.2, -0.15) is 5.10 Å². The minimum Gasteiger partial charge on any atom is -0.489 e. The predicted molar refractivity (Wildman–Crippen MR) is 120 cm³/mol. The molecular formula is C24H23BrN2O2. The molecule has 0 radical (unpaired) electrons. The summed E-state index contributed by atoms with van der Waals surface area (Å²) in [7, 11) is 0. The SMILES string of the molecule is Cc1ccc(CC(=O)N/N=C\c2cccc(OCc3ccc(Br)cc3)c2)c(C)c1. The molecule has 0 atom stereocenters. The highest BCUT2D eigenvalue weighted by Crippen LogP contribution is 2.16. The van der Waals surface area contributed by atoms with Gasteiger partial charge in [0.25, 0.3) is 0 Å². The molecule has 5 heteroatoms. The molecule has 4 nitrogen and oxygen atoms in total. The minimum absolute atomic E-state index is 0.143. The predicted octanol–water partition coefficient (Wildman–Crippen LogP) is 5.34. The summed E-state index contributed by atoms with van der Waals surface area (Å²) in [5, 5.41) is 4.07. The lowest BCUT2D eigenvalue weighted by molar-refractivity contribution is -0.120. The summed E-state index contributed by atoms with van der Waals surface area (Å²) >= 11 is 3.42. The van der Waals surface area contributed by atoms with Crippen LogP contribution in [-0.4, -0.2) is 12.1 Å². The van der Waals surface area contributed by atoms with E-state index >= 15 is 0 Å². The summed E-state index contributed by atoms with van der Waals surface area (Å²) in [6.07, 6.45) is 1.92. The second-order valence-corrected chi connectivity index (χ2v) is 7.80. The van der Waals surface area contributed by atoms with Gasteiger partial charge in [0.15, 0.2) is 0 Å². The van der Waals surface area contributed by atoms with Crippen molar-refractivity contribution in [2.24, 2.45) is 5.10 Å². The topological polar surface area (TPSA) is 50.7 Å². The van der Waals surface area contributed by atoms with E-state index in [0.717, 1.165) is 32.5 Å². The number of hydrogen-bond donors (Lipinski definition) is 1. The van der Waals surface area contributed by atoms with Gasteiger partial charge in [-0.15, -0.1) is 0 Å². The zero-order valence-electron chi connectivity index (χ0n) is 16.5. The lowest BCUT2D eigenvalue weighted by Gasteiger charge is -2.07. The van der Waals surface area contributed by atoms with Gasteiger partial charge in [-0.05, 0) is 60.4 Å². The summed E-state index contributed by atoms with van der Waals surface area (Å²) < 4.78 is 6.88. The summed E-state index contributed by atoms with van der Waals surface area (Å²) in [6.45, 7) is 4.54. The van der Waals surface area contributed by atoms with E-state index in [2.05, 4.69) is 32.5 Å². The first-order chi connectivity index (χ1) is 14.0. The van der Waals surface area contributed by atoms with Crippen molar-refractivity contribution in [3.05, 3.63) is 99.0 Å². The van der Waals surface area contributed by atoms with Gasteiger partial charge >= 0.3 is 0 Å². The third-order valence-corrected chi connectivity index (χ3v) is 4.96. The number of carbonyl (C=O) groups excluding carboxylic acids is 1. The van der Waals surface area contributed by atoms with E-state index in [9.17, 15) is 4.79 Å². The average molecular weight is 451 g/mol. The number of halogens is 1. The Hall–Kier alpha value is -2.92. The second kappa shape index (κ2) is 10.0. The van der Waals surface area contributed by atoms with E-state index in [-0.39, 0.29) is 5.91 Å². The number of nitrogens with one attached hydrogen (secondary N) is 1. The molecule has 0 aliphatic heterocycles. The van der Waals surface area contributed by atoms with Gasteiger partial charge in [0.1, 0.15) is 12.4 Å². The van der Waals surface area contributed by atoms with Crippen molar-refractivity contribution >= 4 is 28.1 Å². The molecule has 0 aromatic heterocycles. The fraction of sp³-hybridized carbons (Fsp3) is 0.167. The fourth-order valence-corrected chi connectivity index (χ4v) is 3.13. The number of benzene rings is 3. The van der Waals surface area contributed by atoms with Gasteiger partial charge in [0.2, 0.25) is 5.91 Å². The third kappa shape index (κ3) is 6.57. The molecule has 3 aromatic carbocycles. The van der Waals surface area contributed by atoms with E-state index < -0.39 is 0 Å². The Morgan fingerprint density at radius 3 is 2.62 bits per heavy atom. The molecule has 0 aliphatic carbocycles. The molecule has 0 aliphatic rings. The number of aryl methyl sites for hydroxylation is 2. The number of amides is 1. The van der Waals surface area contributed by atoms with Gasteiger partial charge in [-0.3, -0.25) is 4.79 Å². The van der Waals surface area contributed by atoms with Crippen LogP contribution in [0.3, 0.4) is 0 Å². The molecule has 1 N–H and O–H groups in total. The van der Waals surface area contributed by atoms with Crippen molar-refractivity contribution < 1.29 is 9.53 Å². The zero-order chi connectivity index (χ0) is 20.6. The molecule has 0 heterocycles. The van der Waals surface area contributed by atoms with Gasteiger partial charge < -0.3 is 4.74 Å². The third-order valence-electron chi connectivity index (χ3n) is 4.43. The Labute approximate surface area is 179 Å². The van der Waals surface area contributed by atoms with Crippen molar-refractivity contribution in [2.45, 2.75) is 26.9 Å². The van der Waals surface area contributed by atoms with E-state index in [4.69, 9.17) is 4.74 Å². The summed E-state index contributed by atoms with van der Waals surface area (Å²) in [5.74, 6) is 0.606. The molecule has 29 heavy (non-hydrogen) atoms. The molecule has 0 spiro atoms. The molecule has 0 unspecified atom stereocenters. The molecule has 1 amide bonds. The highest BCUT2D eigenvalue weighted by atomic mass is 79.9. The van der Waals surface area contributed by atoms with Crippen molar-refractivity contribution in [2.75, 3.05) is 0 Å². The van der Waals surface area contributed by atoms with Crippen molar-refractivity contribution in [1.29, 1.82) is 0 Å². The van der Waals surface area contributed by atoms with E-state index in [0.29, 0.717) is 13.0 Å². The van der Waals surface area contributed by atoms with Crippen LogP contribution in [0.25, 0.3) is 0 Å². The van der Waals surface area contributed by atoms with Crippen LogP contribution in [0.15, 0.2) is 76.3 Å². The van der Waals surface area contributed by atoms with Gasteiger partial charge in [0, 0.05) is 4.47 Å². The molecule has 0 fully saturated rings. The molecular weight excluding hydrogens is 428 g/mol. The van der Waals surface area contributed by atoms with Crippen LogP contribution in [0.5, 0.6) is 5.75 Å². The van der Waals surface area contributed by atoms with Crippen LogP contribution in [-0.2, 0) is 17.8 Å². The first-order valence-corrected chi connectivity index (χ1v) is 10.1. The maximum atomic E-state index is 12.1. The average Bonchev–Trinajstić information content (AvgIpc) is 2.70. The number of hydrogen-bond acceptors (Lipinski definition) is 3. The highest BCUT2D eigenvalue weighted by Gasteiger charge is 2.05. The van der Waals surface area contributed by atoms with Gasteiger partial charge in [-0.25, -0.2) is 5.43 Å². The maximum Gasteiger partial charge on any atom is 0.244 e. The highest BCUT2D eigenvalue weighted by molar-refractivity contribution is 9.10. The quantitative estimate of drug-likeness (QED) is 0.390. The van der Waals surface area contributed by atoms with Crippen molar-refractivity contribution in [3.8, 4) is 5.75 Å². The van der Waals surface area contributed by atoms with Crippen LogP contribution in [0.2, 0.25) is 0 Å². The summed E-state index contributed by atoms with van der Waals surface area (Å²) in [5.41, 5.74) is 7.83. The lowest BCUT2D eigenvalue weighted by Crippen LogP contribution is -2.20. The minimum atomic E-state index is -0.143. The largest absolute Gasteiger partial charge is 0.489 e. The maximum absolute atomic E-state index is 12.1. The first kappa shape index (κ1) is 20.8. The molecule has 0 saturated heterocycles. The van der Waals surface area contributed by atoms with Crippen LogP contribution in [0.1, 0.15) is 27.8 Å². The van der Waals surface area contributed by atoms with Gasteiger partial charge in [0.05, 0.1) is 12.6 Å². The number of hydrazone groups is 1. The Kier molecular flexibility index (Phi) is 7.19. The van der Waals surface area contributed by atoms with Crippen LogP contribution < -0.4 is 10.2 Å². The van der Waals surface area contributed by atoms with Crippen molar-refractivity contribution in [1.82, 2.24) is 5.43 Å². The Bertz CT molecular complexity index is 1010. The smallest absolute Gasteiger partial charge is 0.244 e. The summed E-state index contributed by atoms with van der Waals surface area (Å²) in [4.78, 5) is 12.1. The second-order valence-electron chi connectivity index (χ2n) is 6.89. The fourth-order valence-electron chi connectivity index (χ4n) is 2.87. The molecule has 0 saturated carbocycles. The van der Waals surface area contributed by atoms with E-state index in [1.807, 2.05) is 74.5 Å². The number of ether oxygens (including phenoxy) is 1. The van der Waals surface area contributed by atoms with E-state index in [1.165, 1.54) is 5.56 Å². The molecule has 3 rings (SSSR count). The molecule has 3 aromatic rings. The van der Waals surface area contributed by atoms with Crippen LogP contribution in [0, 0.1) is 13.8 Å². The zero-order valence-corrected chi connectivity index (χ0v) is 18.1. The molecule has 148 valence electrons. The number of rotatable bonds is 7. The molecule has 0 bridgehead atoms. The number of carbonyl (C=O) groups is 1. The van der Waals surface area contributed by atoms with Crippen LogP contribution >= 0.6 is 15.9 Å². The first-order valence-electron chi connectivity index (χ1n) is 9.35. The summed E-state index contributed by atoms with van der Waals surface area (Å²) in [6, 6.07) is 21.7. The number of nitrogens with zero attached hydrogens (tertiary/aromatic N) is 1. The monoisotopic (exact) mass is 450 g/mol.